The molecule has 6 heteroatoms. The Balaban J connectivity index is 1.54. The van der Waals surface area contributed by atoms with Crippen molar-refractivity contribution in [1.82, 2.24) is 14.7 Å². The SMILES string of the molecule is C=CCCN1CC(O)N2CCN(Cc3c(CCC)oc4c3C=C=CC=C4)CC2C1=O. The van der Waals surface area contributed by atoms with Crippen LogP contribution in [-0.4, -0.2) is 70.7 Å². The van der Waals surface area contributed by atoms with Gasteiger partial charge < -0.3 is 14.4 Å². The Hall–Kier alpha value is -2.37. The van der Waals surface area contributed by atoms with E-state index in [2.05, 4.69) is 24.1 Å². The van der Waals surface area contributed by atoms with Crippen molar-refractivity contribution in [2.45, 2.75) is 45.0 Å². The van der Waals surface area contributed by atoms with Crippen LogP contribution in [0.15, 0.2) is 35.0 Å². The van der Waals surface area contributed by atoms with Gasteiger partial charge in [0, 0.05) is 50.3 Å². The van der Waals surface area contributed by atoms with Gasteiger partial charge in [-0.15, -0.1) is 12.3 Å². The van der Waals surface area contributed by atoms with Crippen LogP contribution in [0.2, 0.25) is 0 Å². The van der Waals surface area contributed by atoms with E-state index >= 15 is 0 Å². The van der Waals surface area contributed by atoms with Crippen molar-refractivity contribution in [1.29, 1.82) is 0 Å². The molecule has 3 aliphatic rings. The maximum atomic E-state index is 13.1. The van der Waals surface area contributed by atoms with Gasteiger partial charge in [0.25, 0.3) is 0 Å². The first-order valence-electron chi connectivity index (χ1n) is 10.9. The van der Waals surface area contributed by atoms with E-state index in [-0.39, 0.29) is 11.9 Å². The lowest BCUT2D eigenvalue weighted by atomic mass is 10.0. The fourth-order valence-electron chi connectivity index (χ4n) is 4.60. The first kappa shape index (κ1) is 20.9. The molecule has 4 rings (SSSR count). The van der Waals surface area contributed by atoms with Crippen molar-refractivity contribution in [3.63, 3.8) is 0 Å². The van der Waals surface area contributed by atoms with Gasteiger partial charge in [-0.3, -0.25) is 14.6 Å². The highest BCUT2D eigenvalue weighted by Crippen LogP contribution is 2.30. The van der Waals surface area contributed by atoms with E-state index in [1.807, 2.05) is 35.3 Å². The number of carbonyl (C=O) groups excluding carboxylic acids is 1. The van der Waals surface area contributed by atoms with Crippen LogP contribution in [0.3, 0.4) is 0 Å². The Bertz CT molecular complexity index is 894. The van der Waals surface area contributed by atoms with Crippen LogP contribution < -0.4 is 0 Å². The molecule has 0 saturated carbocycles. The number of aryl methyl sites for hydroxylation is 1. The fourth-order valence-corrected chi connectivity index (χ4v) is 4.60. The van der Waals surface area contributed by atoms with Crippen LogP contribution >= 0.6 is 0 Å². The predicted octanol–water partition coefficient (Wildman–Crippen LogP) is 2.65. The molecule has 0 spiro atoms. The Morgan fingerprint density at radius 2 is 2.23 bits per heavy atom. The maximum Gasteiger partial charge on any atom is 0.241 e. The topological polar surface area (TPSA) is 60.2 Å². The lowest BCUT2D eigenvalue weighted by Gasteiger charge is -2.48. The molecule has 1 N–H and O–H groups in total. The van der Waals surface area contributed by atoms with Crippen molar-refractivity contribution in [2.75, 3.05) is 32.7 Å². The van der Waals surface area contributed by atoms with Crippen LogP contribution in [0.25, 0.3) is 12.2 Å². The number of hydrogen-bond donors (Lipinski definition) is 1. The summed E-state index contributed by atoms with van der Waals surface area (Å²) in [6.45, 7) is 9.74. The van der Waals surface area contributed by atoms with E-state index < -0.39 is 6.23 Å². The minimum atomic E-state index is -0.598. The molecule has 1 aromatic heterocycles. The number of amides is 1. The maximum absolute atomic E-state index is 13.1. The zero-order valence-electron chi connectivity index (χ0n) is 17.7. The summed E-state index contributed by atoms with van der Waals surface area (Å²) in [6, 6.07) is -0.303. The lowest BCUT2D eigenvalue weighted by molar-refractivity contribution is -0.164. The minimum absolute atomic E-state index is 0.109. The van der Waals surface area contributed by atoms with E-state index in [1.165, 1.54) is 5.56 Å². The third-order valence-corrected chi connectivity index (χ3v) is 6.16. The van der Waals surface area contributed by atoms with Crippen LogP contribution in [-0.2, 0) is 17.8 Å². The van der Waals surface area contributed by atoms with Crippen molar-refractivity contribution in [3.8, 4) is 0 Å². The Morgan fingerprint density at radius 1 is 1.37 bits per heavy atom. The number of rotatable bonds is 7. The number of carbonyl (C=O) groups is 1. The summed E-state index contributed by atoms with van der Waals surface area (Å²) in [5.74, 6) is 2.02. The van der Waals surface area contributed by atoms with Gasteiger partial charge in [0.2, 0.25) is 5.91 Å². The molecule has 1 aliphatic carbocycles. The standard InChI is InChI=1S/C24H31N3O3/c1-3-5-12-26-17-23(28)27-14-13-25(16-20(27)24(26)29)15-19-18-10-7-6-8-11-22(18)30-21(19)9-4-2/h3,6,8,10-11,20,23,28H,1,4-5,9,12-17H2,2H3. The molecule has 2 aliphatic heterocycles. The largest absolute Gasteiger partial charge is 0.461 e. The summed E-state index contributed by atoms with van der Waals surface area (Å²) in [6.07, 6.45) is 11.7. The Morgan fingerprint density at radius 3 is 3.03 bits per heavy atom. The first-order valence-corrected chi connectivity index (χ1v) is 10.9. The van der Waals surface area contributed by atoms with Gasteiger partial charge in [-0.25, -0.2) is 0 Å². The number of β-amino-alcohol motifs (C(OH)–C–C–N with tert-alkyl or cyclic N) is 1. The zero-order valence-corrected chi connectivity index (χ0v) is 17.7. The van der Waals surface area contributed by atoms with E-state index in [0.29, 0.717) is 26.2 Å². The molecule has 0 aromatic carbocycles. The van der Waals surface area contributed by atoms with Gasteiger partial charge in [-0.1, -0.05) is 19.1 Å². The second kappa shape index (κ2) is 9.19. The van der Waals surface area contributed by atoms with E-state index in [1.54, 1.807) is 4.90 Å². The highest BCUT2D eigenvalue weighted by molar-refractivity contribution is 5.83. The van der Waals surface area contributed by atoms with E-state index in [9.17, 15) is 9.90 Å². The summed E-state index contributed by atoms with van der Waals surface area (Å²) < 4.78 is 6.17. The predicted molar refractivity (Wildman–Crippen MR) is 117 cm³/mol. The second-order valence-electron chi connectivity index (χ2n) is 8.20. The van der Waals surface area contributed by atoms with Gasteiger partial charge in [0.1, 0.15) is 23.8 Å². The number of aliphatic hydroxyl groups excluding tert-OH is 1. The highest BCUT2D eigenvalue weighted by Gasteiger charge is 2.42. The normalized spacial score (nSPS) is 24.1. The molecular formula is C24H31N3O3. The van der Waals surface area contributed by atoms with Crippen molar-refractivity contribution >= 4 is 18.1 Å². The lowest BCUT2D eigenvalue weighted by Crippen LogP contribution is -2.68. The summed E-state index contributed by atoms with van der Waals surface area (Å²) in [4.78, 5) is 19.1. The average molecular weight is 410 g/mol. The summed E-state index contributed by atoms with van der Waals surface area (Å²) in [5, 5.41) is 10.6. The zero-order chi connectivity index (χ0) is 21.1. The molecule has 2 atom stereocenters. The first-order chi connectivity index (χ1) is 14.6. The molecule has 6 nitrogen and oxygen atoms in total. The Kier molecular flexibility index (Phi) is 6.40. The van der Waals surface area contributed by atoms with Crippen molar-refractivity contribution < 1.29 is 14.3 Å². The number of fused-ring (bicyclic) bond motifs is 2. The van der Waals surface area contributed by atoms with E-state index in [0.717, 1.165) is 49.4 Å². The van der Waals surface area contributed by atoms with Crippen LogP contribution in [0.1, 0.15) is 42.4 Å². The minimum Gasteiger partial charge on any atom is -0.461 e. The van der Waals surface area contributed by atoms with Gasteiger partial charge >= 0.3 is 0 Å². The molecule has 160 valence electrons. The quantitative estimate of drug-likeness (QED) is 0.554. The second-order valence-corrected chi connectivity index (χ2v) is 8.20. The third-order valence-electron chi connectivity index (χ3n) is 6.16. The molecule has 1 aromatic rings. The number of furan rings is 1. The summed E-state index contributed by atoms with van der Waals surface area (Å²) in [5.41, 5.74) is 5.48. The molecule has 30 heavy (non-hydrogen) atoms. The van der Waals surface area contributed by atoms with Crippen LogP contribution in [0.4, 0.5) is 0 Å². The van der Waals surface area contributed by atoms with Gasteiger partial charge in [-0.2, -0.15) is 0 Å². The molecule has 2 unspecified atom stereocenters. The Labute approximate surface area is 178 Å². The number of allylic oxidation sites excluding steroid dienone is 2. The van der Waals surface area contributed by atoms with Crippen LogP contribution in [0.5, 0.6) is 0 Å². The van der Waals surface area contributed by atoms with Crippen molar-refractivity contribution in [3.05, 3.63) is 53.2 Å². The van der Waals surface area contributed by atoms with Gasteiger partial charge in [0.05, 0.1) is 6.54 Å². The smallest absolute Gasteiger partial charge is 0.241 e. The summed E-state index contributed by atoms with van der Waals surface area (Å²) in [7, 11) is 0. The van der Waals surface area contributed by atoms with Crippen molar-refractivity contribution in [2.24, 2.45) is 0 Å². The number of nitrogens with zero attached hydrogens (tertiary/aromatic N) is 3. The fraction of sp³-hybridized carbons (Fsp3) is 0.500. The van der Waals surface area contributed by atoms with Crippen LogP contribution in [0, 0.1) is 0 Å². The molecule has 1 amide bonds. The molecule has 2 saturated heterocycles. The third kappa shape index (κ3) is 4.09. The average Bonchev–Trinajstić information content (AvgIpc) is 2.90. The highest BCUT2D eigenvalue weighted by atomic mass is 16.3. The number of piperazine rings is 2. The van der Waals surface area contributed by atoms with E-state index in [4.69, 9.17) is 4.42 Å². The van der Waals surface area contributed by atoms with Gasteiger partial charge in [-0.05, 0) is 31.1 Å². The molecule has 0 radical (unpaired) electrons. The number of hydrogen-bond acceptors (Lipinski definition) is 5. The monoisotopic (exact) mass is 409 g/mol. The molecule has 0 bridgehead atoms. The molecule has 2 fully saturated rings. The van der Waals surface area contributed by atoms with Gasteiger partial charge in [0.15, 0.2) is 0 Å². The molecular weight excluding hydrogens is 378 g/mol. The summed E-state index contributed by atoms with van der Waals surface area (Å²) >= 11 is 0. The molecule has 3 heterocycles. The number of aliphatic hydroxyl groups is 1.